The van der Waals surface area contributed by atoms with Crippen LogP contribution in [0.15, 0.2) is 102 Å². The Morgan fingerprint density at radius 2 is 1.23 bits per heavy atom. The van der Waals surface area contributed by atoms with E-state index in [9.17, 15) is 0 Å². The van der Waals surface area contributed by atoms with Gasteiger partial charge in [-0.05, 0) is 56.3 Å². The Morgan fingerprint density at radius 3 is 1.96 bits per heavy atom. The highest BCUT2D eigenvalue weighted by molar-refractivity contribution is 6.24. The minimum absolute atomic E-state index is 0.450. The average Bonchev–Trinajstić information content (AvgIpc) is 3.26. The van der Waals surface area contributed by atoms with E-state index in [1.807, 2.05) is 71.9 Å². The van der Waals surface area contributed by atoms with Gasteiger partial charge in [0.25, 0.3) is 0 Å². The molecule has 5 aromatic carbocycles. The number of rotatable bonds is 0. The smallest absolute Gasteiger partial charge is 0.136 e. The van der Waals surface area contributed by atoms with E-state index < -0.39 is 0 Å². The van der Waals surface area contributed by atoms with Crippen LogP contribution in [0.4, 0.5) is 17.1 Å². The fraction of sp³-hybridized carbons (Fsp3) is 0.214. The van der Waals surface area contributed by atoms with Crippen LogP contribution in [0.25, 0.3) is 32.7 Å². The largest absolute Gasteiger partial charge is 0.488 e. The predicted octanol–water partition coefficient (Wildman–Crippen LogP) is 10.6. The Kier molecular flexibility index (Phi) is 10.8. The topological polar surface area (TPSA) is 111 Å². The van der Waals surface area contributed by atoms with E-state index in [1.54, 1.807) is 6.07 Å². The first kappa shape index (κ1) is 34.4. The summed E-state index contributed by atoms with van der Waals surface area (Å²) < 4.78 is 6.65. The monoisotopic (exact) mass is 622 g/mol. The van der Waals surface area contributed by atoms with E-state index in [1.165, 1.54) is 18.1 Å². The van der Waals surface area contributed by atoms with Gasteiger partial charge in [0.15, 0.2) is 0 Å². The molecule has 5 heteroatoms. The summed E-state index contributed by atoms with van der Waals surface area (Å²) in [5.41, 5.74) is 33.1. The average molecular weight is 623 g/mol. The Morgan fingerprint density at radius 1 is 0.660 bits per heavy atom. The van der Waals surface area contributed by atoms with Crippen LogP contribution in [0.1, 0.15) is 81.8 Å². The zero-order chi connectivity index (χ0) is 34.4. The quantitative estimate of drug-likeness (QED) is 0.115. The third-order valence-electron chi connectivity index (χ3n) is 8.39. The van der Waals surface area contributed by atoms with Crippen molar-refractivity contribution < 1.29 is 4.74 Å². The zero-order valence-electron chi connectivity index (χ0n) is 28.7. The number of allylic oxidation sites excluding steroid dienone is 2. The highest BCUT2D eigenvalue weighted by Gasteiger charge is 2.40. The number of nitrogens with zero attached hydrogens (tertiary/aromatic N) is 1. The molecule has 0 unspecified atom stereocenters. The van der Waals surface area contributed by atoms with Gasteiger partial charge < -0.3 is 21.9 Å². The molecule has 6 N–H and O–H groups in total. The normalized spacial score (nSPS) is 14.6. The van der Waals surface area contributed by atoms with Gasteiger partial charge in [0.05, 0.1) is 6.07 Å². The molecular formula is C42H46N4O. The van der Waals surface area contributed by atoms with Crippen molar-refractivity contribution in [3.8, 4) is 6.07 Å². The van der Waals surface area contributed by atoms with E-state index >= 15 is 0 Å². The summed E-state index contributed by atoms with van der Waals surface area (Å²) in [6.45, 7) is 18.5. The van der Waals surface area contributed by atoms with Crippen molar-refractivity contribution in [3.05, 3.63) is 136 Å². The van der Waals surface area contributed by atoms with Crippen LogP contribution >= 0.6 is 0 Å². The Balaban J connectivity index is 0.000000511. The number of hydrogen-bond donors (Lipinski definition) is 3. The number of benzene rings is 5. The summed E-state index contributed by atoms with van der Waals surface area (Å²) in [5.74, 6) is 0.876. The van der Waals surface area contributed by atoms with Crippen molar-refractivity contribution in [2.24, 2.45) is 0 Å². The molecule has 0 atom stereocenters. The molecule has 240 valence electrons. The number of nitriles is 1. The number of fused-ring (bicyclic) bond motifs is 5. The molecule has 0 fully saturated rings. The predicted molar refractivity (Wildman–Crippen MR) is 203 cm³/mol. The molecule has 0 amide bonds. The maximum atomic E-state index is 7.32. The second kappa shape index (κ2) is 14.7. The molecule has 5 nitrogen and oxygen atoms in total. The molecule has 8 rings (SSSR count). The minimum atomic E-state index is 0.450. The molecular weight excluding hydrogens is 576 g/mol. The number of hydrogen-bond acceptors (Lipinski definition) is 5. The molecule has 0 bridgehead atoms. The molecule has 1 heterocycles. The summed E-state index contributed by atoms with van der Waals surface area (Å²) in [4.78, 5) is 0. The van der Waals surface area contributed by atoms with Gasteiger partial charge in [0.2, 0.25) is 0 Å². The summed E-state index contributed by atoms with van der Waals surface area (Å²) in [5, 5.41) is 11.3. The summed E-state index contributed by atoms with van der Waals surface area (Å²) in [6.07, 6.45) is 0.808. The van der Waals surface area contributed by atoms with E-state index in [-0.39, 0.29) is 0 Å². The molecule has 0 saturated carbocycles. The van der Waals surface area contributed by atoms with Crippen molar-refractivity contribution in [2.75, 3.05) is 17.2 Å². The van der Waals surface area contributed by atoms with Crippen LogP contribution < -0.4 is 17.2 Å². The van der Waals surface area contributed by atoms with E-state index in [0.717, 1.165) is 84.0 Å². The van der Waals surface area contributed by atoms with Crippen molar-refractivity contribution in [2.45, 2.75) is 61.5 Å². The third kappa shape index (κ3) is 5.51. The third-order valence-corrected chi connectivity index (χ3v) is 8.39. The molecule has 47 heavy (non-hydrogen) atoms. The van der Waals surface area contributed by atoms with Crippen molar-refractivity contribution in [1.82, 2.24) is 0 Å². The first-order valence-corrected chi connectivity index (χ1v) is 16.6. The first-order valence-electron chi connectivity index (χ1n) is 16.6. The van der Waals surface area contributed by atoms with E-state index in [2.05, 4.69) is 55.1 Å². The highest BCUT2D eigenvalue weighted by Crippen LogP contribution is 2.57. The number of anilines is 3. The molecule has 1 aliphatic heterocycles. The van der Waals surface area contributed by atoms with Crippen LogP contribution in [-0.2, 0) is 17.8 Å². The fourth-order valence-electron chi connectivity index (χ4n) is 6.69. The summed E-state index contributed by atoms with van der Waals surface area (Å²) in [7, 11) is 0. The van der Waals surface area contributed by atoms with Gasteiger partial charge in [-0.2, -0.15) is 5.26 Å². The van der Waals surface area contributed by atoms with Gasteiger partial charge >= 0.3 is 0 Å². The van der Waals surface area contributed by atoms with Crippen LogP contribution in [0.5, 0.6) is 0 Å². The van der Waals surface area contributed by atoms with Crippen LogP contribution in [0, 0.1) is 11.3 Å². The maximum Gasteiger partial charge on any atom is 0.136 e. The number of nitrogens with two attached hydrogens (primary N) is 3. The maximum absolute atomic E-state index is 7.32. The standard InChI is InChI=1S/C34H25N3O.C2H3N.3C2H6/c1-17-27(30-20-9-3-2-7-18(20)15-24-21(30)10-5-13-25(24)35)34-28(17)32-22-11-6-14-26(36)31(22)33(37)23-12-4-8-19(16-38-34)29(23)32;1-2-3;3*1-2/h2-14H,1,15-16,35-37H2;1H3;3*1-2H3/b30-27-;;;;. The van der Waals surface area contributed by atoms with E-state index in [0.29, 0.717) is 18.0 Å². The summed E-state index contributed by atoms with van der Waals surface area (Å²) in [6, 6.07) is 28.7. The lowest BCUT2D eigenvalue weighted by Crippen LogP contribution is -2.19. The van der Waals surface area contributed by atoms with Gasteiger partial charge in [-0.15, -0.1) is 0 Å². The molecule has 5 aromatic rings. The lowest BCUT2D eigenvalue weighted by Gasteiger charge is -2.35. The SMILES string of the molecule is C=C1C2=C(OCc3cccc4c(N)c5c(N)cccc5c2c34)/C1=C1/c2ccccc2Cc2c(N)cccc21.CC.CC.CC.CC#N. The molecule has 2 aliphatic carbocycles. The van der Waals surface area contributed by atoms with Gasteiger partial charge in [0.1, 0.15) is 12.4 Å². The number of nitrogen functional groups attached to an aromatic ring is 3. The van der Waals surface area contributed by atoms with Crippen molar-refractivity contribution in [3.63, 3.8) is 0 Å². The van der Waals surface area contributed by atoms with Gasteiger partial charge in [0, 0.05) is 63.5 Å². The second-order valence-corrected chi connectivity index (χ2v) is 10.6. The minimum Gasteiger partial charge on any atom is -0.488 e. The molecule has 3 aliphatic rings. The van der Waals surface area contributed by atoms with Gasteiger partial charge in [-0.1, -0.05) is 115 Å². The Hall–Kier alpha value is -5.47. The molecule has 0 saturated heterocycles. The van der Waals surface area contributed by atoms with Crippen LogP contribution in [0.3, 0.4) is 0 Å². The number of ether oxygens (including phenoxy) is 1. The van der Waals surface area contributed by atoms with E-state index in [4.69, 9.17) is 27.2 Å². The molecule has 0 aromatic heterocycles. The molecule has 0 radical (unpaired) electrons. The second-order valence-electron chi connectivity index (χ2n) is 10.6. The fourth-order valence-corrected chi connectivity index (χ4v) is 6.69. The zero-order valence-corrected chi connectivity index (χ0v) is 28.7. The highest BCUT2D eigenvalue weighted by atomic mass is 16.5. The van der Waals surface area contributed by atoms with Crippen molar-refractivity contribution >= 4 is 49.8 Å². The lowest BCUT2D eigenvalue weighted by atomic mass is 9.70. The first-order chi connectivity index (χ1) is 23.0. The lowest BCUT2D eigenvalue weighted by molar-refractivity contribution is 0.208. The van der Waals surface area contributed by atoms with Crippen LogP contribution in [0.2, 0.25) is 0 Å². The van der Waals surface area contributed by atoms with Gasteiger partial charge in [-0.3, -0.25) is 0 Å². The van der Waals surface area contributed by atoms with Crippen LogP contribution in [-0.4, -0.2) is 0 Å². The Labute approximate surface area is 279 Å². The van der Waals surface area contributed by atoms with Crippen molar-refractivity contribution in [1.29, 1.82) is 5.26 Å². The Bertz CT molecular complexity index is 2090. The molecule has 0 spiro atoms. The summed E-state index contributed by atoms with van der Waals surface area (Å²) >= 11 is 0. The van der Waals surface area contributed by atoms with Gasteiger partial charge in [-0.25, -0.2) is 0 Å².